The van der Waals surface area contributed by atoms with Crippen molar-refractivity contribution < 1.29 is 23.8 Å². The van der Waals surface area contributed by atoms with Crippen LogP contribution in [0.3, 0.4) is 0 Å². The smallest absolute Gasteiger partial charge is 0.255 e. The van der Waals surface area contributed by atoms with Crippen LogP contribution in [0.15, 0.2) is 30.3 Å². The number of benzene rings is 2. The number of hydrogen-bond donors (Lipinski definition) is 1. The SMILES string of the molecule is COc1cc(C(=O)N2CCC(Oc3cc(C)ccc3C)CC2)cc(Cl)c1OCC(N)=O. The van der Waals surface area contributed by atoms with Crippen LogP contribution in [-0.4, -0.2) is 49.6 Å². The maximum Gasteiger partial charge on any atom is 0.255 e. The Morgan fingerprint density at radius 2 is 1.84 bits per heavy atom. The predicted octanol–water partition coefficient (Wildman–Crippen LogP) is 3.51. The van der Waals surface area contributed by atoms with Gasteiger partial charge in [0.15, 0.2) is 18.1 Å². The summed E-state index contributed by atoms with van der Waals surface area (Å²) in [6.45, 7) is 4.89. The van der Waals surface area contributed by atoms with E-state index in [1.807, 2.05) is 19.9 Å². The Bertz CT molecular complexity index is 971. The highest BCUT2D eigenvalue weighted by atomic mass is 35.5. The first-order valence-corrected chi connectivity index (χ1v) is 10.5. The fourth-order valence-corrected chi connectivity index (χ4v) is 3.77. The van der Waals surface area contributed by atoms with Crippen LogP contribution in [0.2, 0.25) is 5.02 Å². The van der Waals surface area contributed by atoms with E-state index in [1.165, 1.54) is 13.2 Å². The Morgan fingerprint density at radius 1 is 1.13 bits per heavy atom. The van der Waals surface area contributed by atoms with Crippen LogP contribution in [-0.2, 0) is 4.79 Å². The summed E-state index contributed by atoms with van der Waals surface area (Å²) in [5.41, 5.74) is 7.76. The molecule has 2 aromatic carbocycles. The largest absolute Gasteiger partial charge is 0.493 e. The minimum Gasteiger partial charge on any atom is -0.493 e. The number of hydrogen-bond acceptors (Lipinski definition) is 5. The van der Waals surface area contributed by atoms with E-state index in [2.05, 4.69) is 12.1 Å². The Kier molecular flexibility index (Phi) is 7.28. The van der Waals surface area contributed by atoms with Gasteiger partial charge in [-0.05, 0) is 43.2 Å². The number of carbonyl (C=O) groups is 2. The van der Waals surface area contributed by atoms with E-state index in [1.54, 1.807) is 11.0 Å². The second-order valence-electron chi connectivity index (χ2n) is 7.62. The topological polar surface area (TPSA) is 91.1 Å². The van der Waals surface area contributed by atoms with Gasteiger partial charge in [0.25, 0.3) is 11.8 Å². The molecule has 8 heteroatoms. The van der Waals surface area contributed by atoms with Crippen LogP contribution in [0.1, 0.15) is 34.3 Å². The molecular weight excluding hydrogens is 420 g/mol. The van der Waals surface area contributed by atoms with Gasteiger partial charge >= 0.3 is 0 Å². The summed E-state index contributed by atoms with van der Waals surface area (Å²) in [5, 5.41) is 0.178. The summed E-state index contributed by atoms with van der Waals surface area (Å²) < 4.78 is 16.8. The first kappa shape index (κ1) is 22.7. The zero-order valence-corrected chi connectivity index (χ0v) is 18.7. The zero-order chi connectivity index (χ0) is 22.5. The molecule has 0 aliphatic carbocycles. The van der Waals surface area contributed by atoms with E-state index >= 15 is 0 Å². The van der Waals surface area contributed by atoms with Crippen LogP contribution in [0.25, 0.3) is 0 Å². The summed E-state index contributed by atoms with van der Waals surface area (Å²) in [7, 11) is 1.44. The van der Waals surface area contributed by atoms with Gasteiger partial charge in [0.2, 0.25) is 0 Å². The number of amides is 2. The number of piperidine rings is 1. The minimum atomic E-state index is -0.635. The van der Waals surface area contributed by atoms with Gasteiger partial charge in [-0.1, -0.05) is 23.7 Å². The lowest BCUT2D eigenvalue weighted by Crippen LogP contribution is -2.41. The van der Waals surface area contributed by atoms with Crippen LogP contribution in [0.5, 0.6) is 17.2 Å². The minimum absolute atomic E-state index is 0.0623. The zero-order valence-electron chi connectivity index (χ0n) is 17.9. The van der Waals surface area contributed by atoms with Crippen molar-refractivity contribution in [2.24, 2.45) is 5.73 Å². The molecule has 1 fully saturated rings. The van der Waals surface area contributed by atoms with E-state index < -0.39 is 5.91 Å². The molecule has 2 aromatic rings. The van der Waals surface area contributed by atoms with Crippen LogP contribution < -0.4 is 19.9 Å². The van der Waals surface area contributed by atoms with Crippen molar-refractivity contribution >= 4 is 23.4 Å². The summed E-state index contributed by atoms with van der Waals surface area (Å²) >= 11 is 6.27. The summed E-state index contributed by atoms with van der Waals surface area (Å²) in [6.07, 6.45) is 1.54. The summed E-state index contributed by atoms with van der Waals surface area (Å²) in [6, 6.07) is 9.23. The molecular formula is C23H27ClN2O5. The second kappa shape index (κ2) is 9.92. The van der Waals surface area contributed by atoms with Crippen LogP contribution in [0, 0.1) is 13.8 Å². The normalized spacial score (nSPS) is 14.3. The van der Waals surface area contributed by atoms with Crippen molar-refractivity contribution in [2.75, 3.05) is 26.8 Å². The van der Waals surface area contributed by atoms with E-state index in [0.29, 0.717) is 18.7 Å². The highest BCUT2D eigenvalue weighted by molar-refractivity contribution is 6.32. The molecule has 31 heavy (non-hydrogen) atoms. The van der Waals surface area contributed by atoms with Crippen molar-refractivity contribution in [3.63, 3.8) is 0 Å². The molecule has 1 heterocycles. The molecule has 7 nitrogen and oxygen atoms in total. The Hall–Kier alpha value is -2.93. The molecule has 0 saturated carbocycles. The molecule has 0 unspecified atom stereocenters. The van der Waals surface area contributed by atoms with Crippen LogP contribution in [0.4, 0.5) is 0 Å². The number of primary amides is 1. The van der Waals surface area contributed by atoms with Gasteiger partial charge in [0, 0.05) is 31.5 Å². The van der Waals surface area contributed by atoms with Crippen molar-refractivity contribution in [2.45, 2.75) is 32.8 Å². The first-order valence-electron chi connectivity index (χ1n) is 10.1. The summed E-state index contributed by atoms with van der Waals surface area (Å²) in [5.74, 6) is 0.564. The van der Waals surface area contributed by atoms with Crippen molar-refractivity contribution in [3.05, 3.63) is 52.0 Å². The molecule has 0 bridgehead atoms. The number of aryl methyl sites for hydroxylation is 2. The molecule has 166 valence electrons. The average Bonchev–Trinajstić information content (AvgIpc) is 2.74. The third kappa shape index (κ3) is 5.61. The predicted molar refractivity (Wildman–Crippen MR) is 118 cm³/mol. The quantitative estimate of drug-likeness (QED) is 0.702. The molecule has 2 amide bonds. The Morgan fingerprint density at radius 3 is 2.48 bits per heavy atom. The van der Waals surface area contributed by atoms with E-state index in [0.717, 1.165) is 29.7 Å². The molecule has 1 saturated heterocycles. The van der Waals surface area contributed by atoms with E-state index in [4.69, 9.17) is 31.5 Å². The Balaban J connectivity index is 1.65. The maximum atomic E-state index is 13.0. The van der Waals surface area contributed by atoms with Gasteiger partial charge in [-0.3, -0.25) is 9.59 Å². The lowest BCUT2D eigenvalue weighted by atomic mass is 10.1. The van der Waals surface area contributed by atoms with Crippen molar-refractivity contribution in [3.8, 4) is 17.2 Å². The number of nitrogens with two attached hydrogens (primary N) is 1. The standard InChI is InChI=1S/C23H27ClN2O5/c1-14-4-5-15(2)19(10-14)31-17-6-8-26(9-7-17)23(28)16-11-18(24)22(20(12-16)29-3)30-13-21(25)27/h4-5,10-12,17H,6-9,13H2,1-3H3,(H2,25,27). The second-order valence-corrected chi connectivity index (χ2v) is 8.03. The molecule has 2 N–H and O–H groups in total. The van der Waals surface area contributed by atoms with Gasteiger partial charge in [0.1, 0.15) is 11.9 Å². The molecule has 0 spiro atoms. The fourth-order valence-electron chi connectivity index (χ4n) is 3.50. The molecule has 0 radical (unpaired) electrons. The number of likely N-dealkylation sites (tertiary alicyclic amines) is 1. The monoisotopic (exact) mass is 446 g/mol. The molecule has 1 aliphatic heterocycles. The first-order chi connectivity index (χ1) is 14.8. The number of ether oxygens (including phenoxy) is 3. The third-order valence-electron chi connectivity index (χ3n) is 5.20. The molecule has 1 aliphatic rings. The lowest BCUT2D eigenvalue weighted by Gasteiger charge is -2.32. The molecule has 3 rings (SSSR count). The van der Waals surface area contributed by atoms with E-state index in [9.17, 15) is 9.59 Å². The van der Waals surface area contributed by atoms with Gasteiger partial charge in [0.05, 0.1) is 12.1 Å². The molecule has 0 aromatic heterocycles. The number of nitrogens with zero attached hydrogens (tertiary/aromatic N) is 1. The average molecular weight is 447 g/mol. The third-order valence-corrected chi connectivity index (χ3v) is 5.48. The van der Waals surface area contributed by atoms with E-state index in [-0.39, 0.29) is 35.1 Å². The van der Waals surface area contributed by atoms with Gasteiger partial charge in [-0.15, -0.1) is 0 Å². The number of carbonyl (C=O) groups excluding carboxylic acids is 2. The highest BCUT2D eigenvalue weighted by Gasteiger charge is 2.26. The van der Waals surface area contributed by atoms with Gasteiger partial charge in [-0.25, -0.2) is 0 Å². The van der Waals surface area contributed by atoms with Crippen LogP contribution >= 0.6 is 11.6 Å². The van der Waals surface area contributed by atoms with Crippen molar-refractivity contribution in [1.29, 1.82) is 0 Å². The van der Waals surface area contributed by atoms with Gasteiger partial charge in [-0.2, -0.15) is 0 Å². The number of methoxy groups -OCH3 is 1. The fraction of sp³-hybridized carbons (Fsp3) is 0.391. The lowest BCUT2D eigenvalue weighted by molar-refractivity contribution is -0.119. The number of halogens is 1. The number of rotatable bonds is 7. The molecule has 0 atom stereocenters. The van der Waals surface area contributed by atoms with Gasteiger partial charge < -0.3 is 24.8 Å². The van der Waals surface area contributed by atoms with Crippen molar-refractivity contribution in [1.82, 2.24) is 4.90 Å². The highest BCUT2D eigenvalue weighted by Crippen LogP contribution is 2.37. The Labute approximate surface area is 187 Å². The summed E-state index contributed by atoms with van der Waals surface area (Å²) in [4.78, 5) is 25.8. The maximum absolute atomic E-state index is 13.0.